The molecule has 2 rings (SSSR count). The smallest absolute Gasteiger partial charge is 0.408 e. The van der Waals surface area contributed by atoms with Crippen molar-refractivity contribution in [3.8, 4) is 5.75 Å². The van der Waals surface area contributed by atoms with Crippen LogP contribution in [0.2, 0.25) is 0 Å². The van der Waals surface area contributed by atoms with Crippen molar-refractivity contribution in [1.82, 2.24) is 15.5 Å². The fraction of sp³-hybridized carbons (Fsp3) is 0.483. The Balaban J connectivity index is 2.46. The Morgan fingerprint density at radius 2 is 1.68 bits per heavy atom. The number of ether oxygens (including phenoxy) is 1. The normalized spacial score (nSPS) is 13.7. The summed E-state index contributed by atoms with van der Waals surface area (Å²) in [5, 5.41) is 15.8. The molecule has 8 heteroatoms. The number of amides is 3. The summed E-state index contributed by atoms with van der Waals surface area (Å²) in [7, 11) is 0. The second kappa shape index (κ2) is 13.7. The highest BCUT2D eigenvalue weighted by molar-refractivity contribution is 5.92. The minimum Gasteiger partial charge on any atom is -0.508 e. The van der Waals surface area contributed by atoms with Gasteiger partial charge in [-0.25, -0.2) is 4.79 Å². The molecule has 0 aliphatic heterocycles. The van der Waals surface area contributed by atoms with Crippen LogP contribution in [0.5, 0.6) is 5.75 Å². The Labute approximate surface area is 220 Å². The molecule has 0 aromatic heterocycles. The van der Waals surface area contributed by atoms with Crippen LogP contribution in [0.15, 0.2) is 54.6 Å². The molecule has 0 aliphatic carbocycles. The molecule has 0 bridgehead atoms. The molecule has 2 aromatic carbocycles. The van der Waals surface area contributed by atoms with Crippen LogP contribution in [-0.2, 0) is 20.7 Å². The lowest BCUT2D eigenvalue weighted by Crippen LogP contribution is -2.54. The van der Waals surface area contributed by atoms with Gasteiger partial charge in [0, 0.05) is 19.0 Å². The first kappa shape index (κ1) is 29.7. The van der Waals surface area contributed by atoms with Crippen LogP contribution in [0, 0.1) is 0 Å². The van der Waals surface area contributed by atoms with Crippen molar-refractivity contribution in [2.24, 2.45) is 0 Å². The molecule has 3 atom stereocenters. The highest BCUT2D eigenvalue weighted by Gasteiger charge is 2.36. The number of aromatic hydroxyl groups is 1. The van der Waals surface area contributed by atoms with Crippen LogP contribution in [0.4, 0.5) is 4.79 Å². The maximum Gasteiger partial charge on any atom is 0.408 e. The predicted molar refractivity (Wildman–Crippen MR) is 144 cm³/mol. The van der Waals surface area contributed by atoms with E-state index in [1.165, 1.54) is 17.0 Å². The van der Waals surface area contributed by atoms with Crippen molar-refractivity contribution in [2.45, 2.75) is 84.5 Å². The first-order valence-corrected chi connectivity index (χ1v) is 12.9. The highest BCUT2D eigenvalue weighted by atomic mass is 16.6. The van der Waals surface area contributed by atoms with Gasteiger partial charge in [-0.15, -0.1) is 0 Å². The largest absolute Gasteiger partial charge is 0.508 e. The van der Waals surface area contributed by atoms with Crippen LogP contribution >= 0.6 is 0 Å². The summed E-state index contributed by atoms with van der Waals surface area (Å²) in [5.74, 6) is -0.783. The zero-order chi connectivity index (χ0) is 27.6. The molecule has 0 fully saturated rings. The van der Waals surface area contributed by atoms with E-state index in [0.717, 1.165) is 18.4 Å². The fourth-order valence-electron chi connectivity index (χ4n) is 4.16. The van der Waals surface area contributed by atoms with E-state index in [-0.39, 0.29) is 30.7 Å². The van der Waals surface area contributed by atoms with Crippen molar-refractivity contribution < 1.29 is 24.2 Å². The molecular formula is C29H41N3O5. The number of alkyl carbamates (subject to hydrolysis) is 1. The zero-order valence-electron chi connectivity index (χ0n) is 22.8. The summed E-state index contributed by atoms with van der Waals surface area (Å²) in [6, 6.07) is 13.6. The maximum atomic E-state index is 14.0. The van der Waals surface area contributed by atoms with Gasteiger partial charge in [0.25, 0.3) is 0 Å². The van der Waals surface area contributed by atoms with Crippen LogP contribution in [-0.4, -0.2) is 52.1 Å². The van der Waals surface area contributed by atoms with Crippen LogP contribution in [0.3, 0.4) is 0 Å². The number of phenolic OH excluding ortho intramolecular Hbond substituents is 1. The first-order valence-electron chi connectivity index (χ1n) is 12.9. The third-order valence-corrected chi connectivity index (χ3v) is 5.75. The molecule has 0 saturated heterocycles. The number of nitrogens with zero attached hydrogens (tertiary/aromatic N) is 1. The SMILES string of the molecule is CCCC(C)NC(=O)C(c1cccc(O)c1)N(CC)C(=O)C(Cc1ccccc1)NC(=O)OC(C)(C)C. The van der Waals surface area contributed by atoms with Gasteiger partial charge in [0.05, 0.1) is 0 Å². The number of hydrogen-bond donors (Lipinski definition) is 3. The van der Waals surface area contributed by atoms with Gasteiger partial charge in [-0.3, -0.25) is 9.59 Å². The van der Waals surface area contributed by atoms with Crippen molar-refractivity contribution in [1.29, 1.82) is 0 Å². The molecule has 3 unspecified atom stereocenters. The summed E-state index contributed by atoms with van der Waals surface area (Å²) in [5.41, 5.74) is 0.587. The topological polar surface area (TPSA) is 108 Å². The third-order valence-electron chi connectivity index (χ3n) is 5.75. The van der Waals surface area contributed by atoms with Crippen LogP contribution in [0.1, 0.15) is 71.6 Å². The molecule has 3 N–H and O–H groups in total. The average Bonchev–Trinajstić information content (AvgIpc) is 2.81. The van der Waals surface area contributed by atoms with E-state index in [9.17, 15) is 19.5 Å². The summed E-state index contributed by atoms with van der Waals surface area (Å²) in [6.07, 6.45) is 1.19. The molecular weight excluding hydrogens is 470 g/mol. The summed E-state index contributed by atoms with van der Waals surface area (Å²) >= 11 is 0. The number of nitrogens with one attached hydrogen (secondary N) is 2. The molecule has 8 nitrogen and oxygen atoms in total. The van der Waals surface area contributed by atoms with Gasteiger partial charge in [-0.2, -0.15) is 0 Å². The highest BCUT2D eigenvalue weighted by Crippen LogP contribution is 2.26. The lowest BCUT2D eigenvalue weighted by molar-refractivity contribution is -0.142. The average molecular weight is 512 g/mol. The number of likely N-dealkylation sites (N-methyl/N-ethyl adjacent to an activating group) is 1. The van der Waals surface area contributed by atoms with Gasteiger partial charge >= 0.3 is 6.09 Å². The van der Waals surface area contributed by atoms with E-state index in [1.54, 1.807) is 39.8 Å². The zero-order valence-corrected chi connectivity index (χ0v) is 22.8. The van der Waals surface area contributed by atoms with E-state index in [4.69, 9.17) is 4.74 Å². The monoisotopic (exact) mass is 511 g/mol. The van der Waals surface area contributed by atoms with E-state index < -0.39 is 29.7 Å². The molecule has 0 radical (unpaired) electrons. The van der Waals surface area contributed by atoms with Crippen LogP contribution < -0.4 is 10.6 Å². The number of rotatable bonds is 11. The van der Waals surface area contributed by atoms with Crippen molar-refractivity contribution in [3.63, 3.8) is 0 Å². The molecule has 3 amide bonds. The molecule has 0 saturated carbocycles. The molecule has 0 spiro atoms. The summed E-state index contributed by atoms with van der Waals surface area (Å²) in [4.78, 5) is 41.7. The number of benzene rings is 2. The van der Waals surface area contributed by atoms with Crippen molar-refractivity contribution in [3.05, 3.63) is 65.7 Å². The van der Waals surface area contributed by atoms with Gasteiger partial charge in [-0.05, 0) is 64.3 Å². The second-order valence-corrected chi connectivity index (χ2v) is 10.2. The minimum absolute atomic E-state index is 0.00637. The number of phenols is 1. The Bertz CT molecular complexity index is 1040. The molecule has 202 valence electrons. The third kappa shape index (κ3) is 9.44. The molecule has 0 aliphatic rings. The summed E-state index contributed by atoms with van der Waals surface area (Å²) < 4.78 is 5.42. The quantitative estimate of drug-likeness (QED) is 0.405. The number of carbonyl (C=O) groups excluding carboxylic acids is 3. The van der Waals surface area contributed by atoms with E-state index in [1.807, 2.05) is 44.2 Å². The molecule has 37 heavy (non-hydrogen) atoms. The fourth-order valence-corrected chi connectivity index (χ4v) is 4.16. The van der Waals surface area contributed by atoms with Gasteiger partial charge < -0.3 is 25.4 Å². The Morgan fingerprint density at radius 3 is 2.24 bits per heavy atom. The first-order chi connectivity index (χ1) is 17.4. The van der Waals surface area contributed by atoms with Gasteiger partial charge in [0.2, 0.25) is 11.8 Å². The minimum atomic E-state index is -0.998. The Kier molecular flexibility index (Phi) is 11.0. The van der Waals surface area contributed by atoms with E-state index >= 15 is 0 Å². The number of carbonyl (C=O) groups is 3. The maximum absolute atomic E-state index is 14.0. The molecule has 0 heterocycles. The molecule has 2 aromatic rings. The lowest BCUT2D eigenvalue weighted by atomic mass is 9.99. The second-order valence-electron chi connectivity index (χ2n) is 10.2. The Hall–Kier alpha value is -3.55. The Morgan fingerprint density at radius 1 is 1.00 bits per heavy atom. The van der Waals surface area contributed by atoms with E-state index in [2.05, 4.69) is 10.6 Å². The van der Waals surface area contributed by atoms with Gasteiger partial charge in [0.15, 0.2) is 0 Å². The van der Waals surface area contributed by atoms with Crippen molar-refractivity contribution >= 4 is 17.9 Å². The lowest BCUT2D eigenvalue weighted by Gasteiger charge is -2.34. The predicted octanol–water partition coefficient (Wildman–Crippen LogP) is 4.72. The van der Waals surface area contributed by atoms with Crippen molar-refractivity contribution in [2.75, 3.05) is 6.54 Å². The standard InChI is InChI=1S/C29H41N3O5/c1-7-13-20(3)30-26(34)25(22-16-12-17-23(33)19-22)32(8-2)27(35)24(18-21-14-10-9-11-15-21)31-28(36)37-29(4,5)6/h9-12,14-17,19-20,24-25,33H,7-8,13,18H2,1-6H3,(H,30,34)(H,31,36). The van der Waals surface area contributed by atoms with Gasteiger partial charge in [0.1, 0.15) is 23.4 Å². The number of hydrogen-bond acceptors (Lipinski definition) is 5. The van der Waals surface area contributed by atoms with E-state index in [0.29, 0.717) is 5.56 Å². The van der Waals surface area contributed by atoms with Crippen LogP contribution in [0.25, 0.3) is 0 Å². The summed E-state index contributed by atoms with van der Waals surface area (Å²) in [6.45, 7) is 11.2. The van der Waals surface area contributed by atoms with Gasteiger partial charge in [-0.1, -0.05) is 55.8 Å².